The van der Waals surface area contributed by atoms with Crippen LogP contribution < -0.4 is 20.1 Å². The molecular formula is C16H27ClN2O3. The van der Waals surface area contributed by atoms with Gasteiger partial charge in [0.15, 0.2) is 11.5 Å². The minimum Gasteiger partial charge on any atom is -0.493 e. The highest BCUT2D eigenvalue weighted by atomic mass is 35.5. The Balaban J connectivity index is 2.45. The van der Waals surface area contributed by atoms with Gasteiger partial charge >= 0.3 is 0 Å². The molecule has 0 aliphatic rings. The molecule has 0 aliphatic heterocycles. The van der Waals surface area contributed by atoms with Crippen LogP contribution in [0.3, 0.4) is 0 Å². The second-order valence-electron chi connectivity index (χ2n) is 4.96. The van der Waals surface area contributed by atoms with Gasteiger partial charge in [-0.1, -0.05) is 18.5 Å². The maximum atomic E-state index is 8.66. The van der Waals surface area contributed by atoms with Gasteiger partial charge in [-0.3, -0.25) is 0 Å². The number of hydrogen-bond donors (Lipinski definition) is 3. The summed E-state index contributed by atoms with van der Waals surface area (Å²) in [6.07, 6.45) is 1.93. The van der Waals surface area contributed by atoms with Crippen LogP contribution in [0.5, 0.6) is 11.5 Å². The monoisotopic (exact) mass is 330 g/mol. The second kappa shape index (κ2) is 11.5. The van der Waals surface area contributed by atoms with Gasteiger partial charge in [-0.25, -0.2) is 0 Å². The Bertz CT molecular complexity index is 430. The molecule has 0 spiro atoms. The number of hydrogen-bond acceptors (Lipinski definition) is 5. The molecule has 1 aromatic rings. The summed E-state index contributed by atoms with van der Waals surface area (Å²) in [5, 5.41) is 15.7. The number of benzene rings is 1. The molecule has 0 amide bonds. The van der Waals surface area contributed by atoms with Crippen LogP contribution in [-0.2, 0) is 6.54 Å². The standard InChI is InChI=1S/C16H27ClN2O3/c1-3-9-22-16-14(17)10-13(11-15(16)21-2)12-19-6-4-5-18-7-8-20/h10-11,18-20H,3-9,12H2,1-2H3. The molecule has 0 fully saturated rings. The van der Waals surface area contributed by atoms with Gasteiger partial charge in [0.2, 0.25) is 0 Å². The van der Waals surface area contributed by atoms with Crippen LogP contribution in [0.1, 0.15) is 25.3 Å². The van der Waals surface area contributed by atoms with Crippen molar-refractivity contribution in [3.8, 4) is 11.5 Å². The highest BCUT2D eigenvalue weighted by Gasteiger charge is 2.11. The van der Waals surface area contributed by atoms with Crippen molar-refractivity contribution < 1.29 is 14.6 Å². The van der Waals surface area contributed by atoms with Crippen molar-refractivity contribution in [2.24, 2.45) is 0 Å². The van der Waals surface area contributed by atoms with Crippen molar-refractivity contribution in [2.45, 2.75) is 26.3 Å². The molecule has 0 atom stereocenters. The highest BCUT2D eigenvalue weighted by Crippen LogP contribution is 2.36. The van der Waals surface area contributed by atoms with Crippen molar-refractivity contribution in [3.05, 3.63) is 22.7 Å². The molecule has 1 rings (SSSR count). The van der Waals surface area contributed by atoms with E-state index in [1.807, 2.05) is 19.1 Å². The number of nitrogens with one attached hydrogen (secondary N) is 2. The van der Waals surface area contributed by atoms with Gasteiger partial charge < -0.3 is 25.2 Å². The first-order valence-electron chi connectivity index (χ1n) is 7.74. The van der Waals surface area contributed by atoms with Crippen molar-refractivity contribution in [2.75, 3.05) is 40.0 Å². The van der Waals surface area contributed by atoms with E-state index < -0.39 is 0 Å². The predicted molar refractivity (Wildman–Crippen MR) is 90.1 cm³/mol. The van der Waals surface area contributed by atoms with E-state index in [-0.39, 0.29) is 6.61 Å². The van der Waals surface area contributed by atoms with Crippen LogP contribution in [0.4, 0.5) is 0 Å². The molecule has 0 radical (unpaired) electrons. The van der Waals surface area contributed by atoms with E-state index in [9.17, 15) is 0 Å². The van der Waals surface area contributed by atoms with Gasteiger partial charge in [0, 0.05) is 13.1 Å². The number of ether oxygens (including phenoxy) is 2. The smallest absolute Gasteiger partial charge is 0.179 e. The summed E-state index contributed by atoms with van der Waals surface area (Å²) in [7, 11) is 1.62. The third kappa shape index (κ3) is 6.83. The summed E-state index contributed by atoms with van der Waals surface area (Å²) in [6.45, 7) is 6.00. The molecular weight excluding hydrogens is 304 g/mol. The SMILES string of the molecule is CCCOc1c(Cl)cc(CNCCCNCCO)cc1OC. The number of rotatable bonds is 12. The molecule has 0 aliphatic carbocycles. The highest BCUT2D eigenvalue weighted by molar-refractivity contribution is 6.32. The van der Waals surface area contributed by atoms with Gasteiger partial charge in [0.1, 0.15) is 0 Å². The molecule has 0 unspecified atom stereocenters. The van der Waals surface area contributed by atoms with E-state index in [4.69, 9.17) is 26.2 Å². The fourth-order valence-electron chi connectivity index (χ4n) is 1.99. The Morgan fingerprint density at radius 1 is 1.18 bits per heavy atom. The molecule has 126 valence electrons. The zero-order chi connectivity index (χ0) is 16.2. The Morgan fingerprint density at radius 2 is 1.95 bits per heavy atom. The quantitative estimate of drug-likeness (QED) is 0.513. The Morgan fingerprint density at radius 3 is 2.64 bits per heavy atom. The maximum absolute atomic E-state index is 8.66. The van der Waals surface area contributed by atoms with Crippen molar-refractivity contribution in [3.63, 3.8) is 0 Å². The number of halogens is 1. The van der Waals surface area contributed by atoms with Crippen LogP contribution in [0.25, 0.3) is 0 Å². The summed E-state index contributed by atoms with van der Waals surface area (Å²) >= 11 is 6.28. The van der Waals surface area contributed by atoms with E-state index in [1.165, 1.54) is 0 Å². The largest absolute Gasteiger partial charge is 0.493 e. The lowest BCUT2D eigenvalue weighted by Crippen LogP contribution is -2.23. The van der Waals surface area contributed by atoms with Gasteiger partial charge in [-0.15, -0.1) is 0 Å². The topological polar surface area (TPSA) is 62.8 Å². The van der Waals surface area contributed by atoms with Crippen molar-refractivity contribution in [1.82, 2.24) is 10.6 Å². The molecule has 5 nitrogen and oxygen atoms in total. The molecule has 0 heterocycles. The van der Waals surface area contributed by atoms with Gasteiger partial charge in [-0.05, 0) is 43.6 Å². The second-order valence-corrected chi connectivity index (χ2v) is 5.37. The molecule has 0 aromatic heterocycles. The first-order chi connectivity index (χ1) is 10.7. The fraction of sp³-hybridized carbons (Fsp3) is 0.625. The fourth-order valence-corrected chi connectivity index (χ4v) is 2.28. The van der Waals surface area contributed by atoms with Gasteiger partial charge in [0.25, 0.3) is 0 Å². The zero-order valence-corrected chi connectivity index (χ0v) is 14.2. The molecule has 22 heavy (non-hydrogen) atoms. The molecule has 0 bridgehead atoms. The summed E-state index contributed by atoms with van der Waals surface area (Å²) in [6, 6.07) is 3.86. The first-order valence-corrected chi connectivity index (χ1v) is 8.12. The third-order valence-electron chi connectivity index (χ3n) is 3.06. The van der Waals surface area contributed by atoms with E-state index in [2.05, 4.69) is 10.6 Å². The Labute approximate surface area is 138 Å². The van der Waals surface area contributed by atoms with E-state index in [1.54, 1.807) is 7.11 Å². The lowest BCUT2D eigenvalue weighted by Gasteiger charge is -2.14. The predicted octanol–water partition coefficient (Wildman–Crippen LogP) is 2.20. The lowest BCUT2D eigenvalue weighted by atomic mass is 10.2. The summed E-state index contributed by atoms with van der Waals surface area (Å²) in [5.74, 6) is 1.28. The molecule has 0 saturated heterocycles. The average Bonchev–Trinajstić information content (AvgIpc) is 2.52. The summed E-state index contributed by atoms with van der Waals surface area (Å²) < 4.78 is 11.0. The molecule has 6 heteroatoms. The van der Waals surface area contributed by atoms with E-state index in [0.29, 0.717) is 29.7 Å². The summed E-state index contributed by atoms with van der Waals surface area (Å²) in [5.41, 5.74) is 1.06. The Hall–Kier alpha value is -1.01. The Kier molecular flexibility index (Phi) is 9.99. The number of aliphatic hydroxyl groups is 1. The molecule has 3 N–H and O–H groups in total. The normalized spacial score (nSPS) is 10.7. The number of aliphatic hydroxyl groups excluding tert-OH is 1. The number of methoxy groups -OCH3 is 1. The van der Waals surface area contributed by atoms with Gasteiger partial charge in [0.05, 0.1) is 25.3 Å². The maximum Gasteiger partial charge on any atom is 0.179 e. The third-order valence-corrected chi connectivity index (χ3v) is 3.35. The van der Waals surface area contributed by atoms with E-state index in [0.717, 1.165) is 38.0 Å². The van der Waals surface area contributed by atoms with Crippen LogP contribution in [0.15, 0.2) is 12.1 Å². The van der Waals surface area contributed by atoms with E-state index >= 15 is 0 Å². The van der Waals surface area contributed by atoms with Crippen molar-refractivity contribution in [1.29, 1.82) is 0 Å². The zero-order valence-electron chi connectivity index (χ0n) is 13.5. The van der Waals surface area contributed by atoms with Crippen molar-refractivity contribution >= 4 is 11.6 Å². The van der Waals surface area contributed by atoms with Crippen LogP contribution in [0.2, 0.25) is 5.02 Å². The molecule has 1 aromatic carbocycles. The summed E-state index contributed by atoms with van der Waals surface area (Å²) in [4.78, 5) is 0. The minimum atomic E-state index is 0.179. The first kappa shape index (κ1) is 19.0. The molecule has 0 saturated carbocycles. The van der Waals surface area contributed by atoms with Crippen LogP contribution >= 0.6 is 11.6 Å². The van der Waals surface area contributed by atoms with Crippen LogP contribution in [-0.4, -0.2) is 45.1 Å². The van der Waals surface area contributed by atoms with Gasteiger partial charge in [-0.2, -0.15) is 0 Å². The lowest BCUT2D eigenvalue weighted by molar-refractivity contribution is 0.292. The van der Waals surface area contributed by atoms with Crippen LogP contribution in [0, 0.1) is 0 Å². The average molecular weight is 331 g/mol. The minimum absolute atomic E-state index is 0.179.